The van der Waals surface area contributed by atoms with E-state index in [0.29, 0.717) is 48.0 Å². The summed E-state index contributed by atoms with van der Waals surface area (Å²) in [7, 11) is 1.84. The second-order valence-electron chi connectivity index (χ2n) is 17.7. The molecule has 5 amide bonds. The second-order valence-corrected chi connectivity index (χ2v) is 17.7. The Balaban J connectivity index is 0.723. The van der Waals surface area contributed by atoms with Gasteiger partial charge in [0.2, 0.25) is 11.8 Å². The number of carbonyl (C=O) groups is 4. The molecule has 5 fully saturated rings. The van der Waals surface area contributed by atoms with Crippen LogP contribution in [-0.4, -0.2) is 126 Å². The van der Waals surface area contributed by atoms with Crippen LogP contribution in [0, 0.1) is 11.3 Å². The maximum Gasteiger partial charge on any atom is 0.320 e. The van der Waals surface area contributed by atoms with Gasteiger partial charge in [-0.3, -0.25) is 19.7 Å². The molecule has 59 heavy (non-hydrogen) atoms. The molecule has 16 heteroatoms. The van der Waals surface area contributed by atoms with Gasteiger partial charge in [0, 0.05) is 94.7 Å². The first-order valence-corrected chi connectivity index (χ1v) is 21.1. The Labute approximate surface area is 342 Å². The topological polar surface area (TPSA) is 186 Å². The van der Waals surface area contributed by atoms with E-state index in [2.05, 4.69) is 53.7 Å². The Kier molecular flexibility index (Phi) is 9.41. The molecule has 4 N–H and O–H groups in total. The van der Waals surface area contributed by atoms with Crippen molar-refractivity contribution in [2.24, 2.45) is 17.1 Å². The molecule has 1 spiro atoms. The number of hydrogen-bond donors (Lipinski definition) is 3. The number of likely N-dealkylation sites (tertiary alicyclic amines) is 1. The third-order valence-electron chi connectivity index (χ3n) is 13.8. The van der Waals surface area contributed by atoms with Crippen LogP contribution < -0.4 is 26.2 Å². The van der Waals surface area contributed by atoms with Crippen LogP contribution in [0.25, 0.3) is 11.0 Å². The summed E-state index contributed by atoms with van der Waals surface area (Å²) < 4.78 is 5.87. The average Bonchev–Trinajstić information content (AvgIpc) is 3.94. The van der Waals surface area contributed by atoms with E-state index in [4.69, 9.17) is 15.2 Å². The van der Waals surface area contributed by atoms with E-state index in [9.17, 15) is 19.2 Å². The van der Waals surface area contributed by atoms with Crippen LogP contribution in [0.3, 0.4) is 0 Å². The number of aromatic nitrogens is 3. The number of urea groups is 1. The number of carbonyl (C=O) groups excluding carboxylic acids is 4. The van der Waals surface area contributed by atoms with Gasteiger partial charge in [-0.2, -0.15) is 0 Å². The van der Waals surface area contributed by atoms with Gasteiger partial charge in [-0.15, -0.1) is 0 Å². The highest BCUT2D eigenvalue weighted by Gasteiger charge is 2.46. The molecule has 1 aliphatic carbocycles. The fourth-order valence-electron chi connectivity index (χ4n) is 10.6. The maximum absolute atomic E-state index is 12.7. The highest BCUT2D eigenvalue weighted by molar-refractivity contribution is 6.02. The van der Waals surface area contributed by atoms with Crippen molar-refractivity contribution in [3.8, 4) is 0 Å². The van der Waals surface area contributed by atoms with E-state index in [-0.39, 0.29) is 29.6 Å². The number of piperidine rings is 3. The van der Waals surface area contributed by atoms with Crippen molar-refractivity contribution in [3.05, 3.63) is 65.1 Å². The number of nitrogens with two attached hydrogens (primary N) is 1. The van der Waals surface area contributed by atoms with Gasteiger partial charge in [0.1, 0.15) is 11.5 Å². The van der Waals surface area contributed by atoms with Crippen LogP contribution in [0.5, 0.6) is 0 Å². The predicted octanol–water partition coefficient (Wildman–Crippen LogP) is 3.63. The van der Waals surface area contributed by atoms with Crippen LogP contribution in [0.4, 0.5) is 27.8 Å². The fraction of sp³-hybridized carbons (Fsp3) is 0.512. The summed E-state index contributed by atoms with van der Waals surface area (Å²) in [6.45, 7) is 8.24. The summed E-state index contributed by atoms with van der Waals surface area (Å²) >= 11 is 0. The molecule has 7 heterocycles. The smallest absolute Gasteiger partial charge is 0.320 e. The van der Waals surface area contributed by atoms with Crippen LogP contribution >= 0.6 is 0 Å². The lowest BCUT2D eigenvalue weighted by Crippen LogP contribution is -2.61. The molecule has 0 radical (unpaired) electrons. The number of nitrogens with zero attached hydrogens (tertiary/aromatic N) is 8. The second kappa shape index (κ2) is 14.8. The standard InChI is InChI=1S/C43H51N11O5/c1-50-17-18-54(42(50)58)30-3-2-14-53(23-30)34-21-45-37(39(44)56)40(47-34)46-28-5-7-29(8-6-28)52-15-12-43(13-16-52)24-51(25-43)22-26-19-27-4-9-31-36(49-59-38(31)33(27)20-26)32-10-11-35(55)48-41(32)57/h4-9,21,26,30,32H,2-3,10-20,22-25H2,1H3,(H2,44,56)(H,46,47)(H,48,55,57)/t26?,30-,32?/m1/s1. The lowest BCUT2D eigenvalue weighted by atomic mass is 9.71. The minimum absolute atomic E-state index is 0.0703. The summed E-state index contributed by atoms with van der Waals surface area (Å²) in [5.41, 5.74) is 12.1. The van der Waals surface area contributed by atoms with Gasteiger partial charge >= 0.3 is 6.03 Å². The summed E-state index contributed by atoms with van der Waals surface area (Å²) in [5, 5.41) is 11.0. The number of primary amides is 1. The SMILES string of the molecule is CN1CCN([C@@H]2CCCN(c3cnc(C(N)=O)c(Nc4ccc(N5CCC6(CC5)CN(CC5Cc7ccc8c(C9CCC(=O)NC9=O)noc8c7C5)C6)cc4)n3)C2)C1=O. The zero-order valence-electron chi connectivity index (χ0n) is 33.5. The Morgan fingerprint density at radius 1 is 0.983 bits per heavy atom. The minimum atomic E-state index is -0.648. The largest absolute Gasteiger partial charge is 0.371 e. The van der Waals surface area contributed by atoms with Gasteiger partial charge in [0.15, 0.2) is 17.1 Å². The minimum Gasteiger partial charge on any atom is -0.371 e. The number of nitrogens with one attached hydrogen (secondary N) is 2. The number of amides is 5. The number of anilines is 4. The van der Waals surface area contributed by atoms with E-state index in [1.807, 2.05) is 30.1 Å². The summed E-state index contributed by atoms with van der Waals surface area (Å²) in [6.07, 6.45) is 8.52. The van der Waals surface area contributed by atoms with Crippen molar-refractivity contribution in [3.63, 3.8) is 0 Å². The van der Waals surface area contributed by atoms with Gasteiger partial charge in [0.25, 0.3) is 5.91 Å². The average molecular weight is 802 g/mol. The van der Waals surface area contributed by atoms with E-state index < -0.39 is 11.8 Å². The quantitative estimate of drug-likeness (QED) is 0.209. The van der Waals surface area contributed by atoms with Crippen molar-refractivity contribution in [1.29, 1.82) is 0 Å². The number of benzene rings is 2. The third kappa shape index (κ3) is 7.00. The molecule has 5 aliphatic heterocycles. The van der Waals surface area contributed by atoms with Crippen LogP contribution in [0.15, 0.2) is 47.1 Å². The van der Waals surface area contributed by atoms with E-state index in [0.717, 1.165) is 108 Å². The molecule has 4 aromatic rings. The molecule has 6 aliphatic rings. The van der Waals surface area contributed by atoms with E-state index in [1.165, 1.54) is 16.8 Å². The number of fused-ring (bicyclic) bond motifs is 3. The number of likely N-dealkylation sites (N-methyl/N-ethyl adjacent to an activating group) is 1. The van der Waals surface area contributed by atoms with Gasteiger partial charge in [-0.05, 0) is 92.2 Å². The Morgan fingerprint density at radius 3 is 2.54 bits per heavy atom. The first kappa shape index (κ1) is 37.5. The van der Waals surface area contributed by atoms with Crippen molar-refractivity contribution in [2.45, 2.75) is 63.3 Å². The lowest BCUT2D eigenvalue weighted by Gasteiger charge is -2.55. The molecule has 3 atom stereocenters. The Hall–Kier alpha value is -5.77. The van der Waals surface area contributed by atoms with Crippen LogP contribution in [0.1, 0.15) is 71.8 Å². The third-order valence-corrected chi connectivity index (χ3v) is 13.8. The molecule has 2 aromatic heterocycles. The zero-order valence-corrected chi connectivity index (χ0v) is 33.5. The van der Waals surface area contributed by atoms with E-state index >= 15 is 0 Å². The van der Waals surface area contributed by atoms with E-state index in [1.54, 1.807) is 11.1 Å². The fourth-order valence-corrected chi connectivity index (χ4v) is 10.6. The maximum atomic E-state index is 12.7. The molecule has 0 saturated carbocycles. The highest BCUT2D eigenvalue weighted by atomic mass is 16.5. The van der Waals surface area contributed by atoms with Gasteiger partial charge in [0.05, 0.1) is 18.2 Å². The molecule has 16 nitrogen and oxygen atoms in total. The first-order valence-electron chi connectivity index (χ1n) is 21.1. The van der Waals surface area contributed by atoms with Crippen LogP contribution in [0.2, 0.25) is 0 Å². The molecule has 2 unspecified atom stereocenters. The zero-order chi connectivity index (χ0) is 40.4. The summed E-state index contributed by atoms with van der Waals surface area (Å²) in [5.74, 6) is -0.130. The molecule has 10 rings (SSSR count). The molecule has 5 saturated heterocycles. The summed E-state index contributed by atoms with van der Waals surface area (Å²) in [6, 6.07) is 12.6. The van der Waals surface area contributed by atoms with Crippen LogP contribution in [-0.2, 0) is 22.4 Å². The number of hydrogen-bond acceptors (Lipinski definition) is 12. The molecular formula is C43H51N11O5. The molecular weight excluding hydrogens is 751 g/mol. The van der Waals surface area contributed by atoms with Crippen molar-refractivity contribution in [2.75, 3.05) is 81.1 Å². The summed E-state index contributed by atoms with van der Waals surface area (Å²) in [4.78, 5) is 69.5. The lowest BCUT2D eigenvalue weighted by molar-refractivity contribution is -0.134. The highest BCUT2D eigenvalue weighted by Crippen LogP contribution is 2.44. The molecule has 0 bridgehead atoms. The van der Waals surface area contributed by atoms with Gasteiger partial charge in [-0.1, -0.05) is 11.2 Å². The predicted molar refractivity (Wildman–Crippen MR) is 221 cm³/mol. The molecule has 308 valence electrons. The normalized spacial score (nSPS) is 24.5. The van der Waals surface area contributed by atoms with Gasteiger partial charge < -0.3 is 40.1 Å². The number of imide groups is 1. The Bertz CT molecular complexity index is 2310. The monoisotopic (exact) mass is 801 g/mol. The first-order chi connectivity index (χ1) is 28.6. The Morgan fingerprint density at radius 2 is 1.80 bits per heavy atom. The van der Waals surface area contributed by atoms with Crippen molar-refractivity contribution in [1.82, 2.24) is 35.1 Å². The molecule has 2 aromatic carbocycles. The number of rotatable bonds is 9. The van der Waals surface area contributed by atoms with Crippen molar-refractivity contribution < 1.29 is 23.7 Å². The van der Waals surface area contributed by atoms with Gasteiger partial charge in [-0.25, -0.2) is 14.8 Å². The van der Waals surface area contributed by atoms with Crippen molar-refractivity contribution >= 4 is 57.7 Å².